The van der Waals surface area contributed by atoms with Crippen LogP contribution in [0.15, 0.2) is 109 Å². The van der Waals surface area contributed by atoms with Crippen molar-refractivity contribution in [3.05, 3.63) is 146 Å². The van der Waals surface area contributed by atoms with Crippen LogP contribution in [-0.2, 0) is 39.0 Å². The zero-order valence-electron chi connectivity index (χ0n) is 19.5. The first-order chi connectivity index (χ1) is 13.7. The van der Waals surface area contributed by atoms with Crippen molar-refractivity contribution in [1.82, 2.24) is 0 Å². The molecule has 2 atom stereocenters. The summed E-state index contributed by atoms with van der Waals surface area (Å²) in [4.78, 5) is 0. The molecule has 0 aliphatic heterocycles. The first-order valence-electron chi connectivity index (χ1n) is 10.2. The van der Waals surface area contributed by atoms with Crippen molar-refractivity contribution in [3.8, 4) is 0 Å². The third kappa shape index (κ3) is 9.79. The van der Waals surface area contributed by atoms with Gasteiger partial charge in [-0.15, -0.1) is 0 Å². The molecule has 4 aromatic carbocycles. The van der Waals surface area contributed by atoms with Crippen LogP contribution in [0, 0.1) is 14.9 Å². The molecule has 0 bridgehead atoms. The molecule has 0 nitrogen and oxygen atoms in total. The van der Waals surface area contributed by atoms with Gasteiger partial charge in [0, 0.05) is 0 Å². The topological polar surface area (TPSA) is 0 Å². The third-order valence-electron chi connectivity index (χ3n) is 5.28. The molecule has 0 heterocycles. The number of benzene rings is 2. The Bertz CT molecular complexity index is 797. The van der Waals surface area contributed by atoms with Crippen LogP contribution in [0.1, 0.15) is 47.9 Å². The third-order valence-corrected chi connectivity index (χ3v) is 5.28. The van der Waals surface area contributed by atoms with Gasteiger partial charge in [-0.05, 0) is 23.0 Å². The van der Waals surface area contributed by atoms with E-state index in [-0.39, 0.29) is 41.1 Å². The number of hydrogen-bond acceptors (Lipinski definition) is 0. The molecule has 0 aliphatic rings. The van der Waals surface area contributed by atoms with E-state index in [1.807, 2.05) is 0 Å². The molecule has 0 aliphatic carbocycles. The molecule has 0 fully saturated rings. The van der Waals surface area contributed by atoms with E-state index in [1.165, 1.54) is 22.3 Å². The van der Waals surface area contributed by atoms with Crippen molar-refractivity contribution in [1.29, 1.82) is 0 Å². The molecule has 1 heteroatoms. The Hall–Kier alpha value is -1.98. The Morgan fingerprint density at radius 3 is 1.10 bits per heavy atom. The van der Waals surface area contributed by atoms with E-state index in [1.54, 1.807) is 0 Å². The van der Waals surface area contributed by atoms with Crippen LogP contribution in [0.2, 0.25) is 0 Å². The van der Waals surface area contributed by atoms with Gasteiger partial charge in [-0.1, -0.05) is 87.4 Å². The molecule has 31 heavy (non-hydrogen) atoms. The summed E-state index contributed by atoms with van der Waals surface area (Å²) in [6, 6.07) is 38.6. The average molecular weight is 488 g/mol. The molecule has 4 aromatic rings. The van der Waals surface area contributed by atoms with E-state index in [0.29, 0.717) is 11.8 Å². The minimum absolute atomic E-state index is 0. The van der Waals surface area contributed by atoms with Crippen LogP contribution in [0.5, 0.6) is 0 Å². The number of rotatable bonds is 6. The molecule has 160 valence electrons. The quantitative estimate of drug-likeness (QED) is 0.239. The standard InChI is InChI=1S/2C14H15.2CH3.Zr/c2*1-12(11-13-7-5-6-8-13)14-9-3-2-4-10-14;;;/h2*2-10,12H,11H2,1H3;2*1H3;/q4*-1;+4. The molecule has 4 rings (SSSR count). The van der Waals surface area contributed by atoms with Crippen molar-refractivity contribution in [2.45, 2.75) is 38.5 Å². The second-order valence-electron chi connectivity index (χ2n) is 7.62. The fraction of sp³-hybridized carbons (Fsp3) is 0.200. The second-order valence-corrected chi connectivity index (χ2v) is 7.62. The van der Waals surface area contributed by atoms with Crippen LogP contribution in [0.3, 0.4) is 0 Å². The molecule has 0 saturated carbocycles. The Balaban J connectivity index is 0.000000529. The molecule has 2 unspecified atom stereocenters. The van der Waals surface area contributed by atoms with Gasteiger partial charge in [-0.2, -0.15) is 35.4 Å². The Labute approximate surface area is 210 Å². The summed E-state index contributed by atoms with van der Waals surface area (Å²) in [5.74, 6) is 1.22. The summed E-state index contributed by atoms with van der Waals surface area (Å²) >= 11 is 0. The summed E-state index contributed by atoms with van der Waals surface area (Å²) in [6.07, 6.45) is 2.27. The molecule has 0 aromatic heterocycles. The second kappa shape index (κ2) is 15.8. The van der Waals surface area contributed by atoms with Crippen LogP contribution in [0.4, 0.5) is 0 Å². The Kier molecular flexibility index (Phi) is 14.8. The van der Waals surface area contributed by atoms with Crippen LogP contribution in [-0.4, -0.2) is 0 Å². The van der Waals surface area contributed by atoms with Crippen LogP contribution in [0.25, 0.3) is 0 Å². The normalized spacial score (nSPS) is 11.4. The SMILES string of the molecule is CC(C[c-]1cccc1)c1ccccc1.CC(C[c-]1cccc1)c1ccccc1.[CH3-].[CH3-].[Zr+4]. The molecule has 0 saturated heterocycles. The summed E-state index contributed by atoms with van der Waals surface area (Å²) in [7, 11) is 0. The summed E-state index contributed by atoms with van der Waals surface area (Å²) in [5.41, 5.74) is 5.71. The van der Waals surface area contributed by atoms with Crippen LogP contribution < -0.4 is 0 Å². The average Bonchev–Trinajstić information content (AvgIpc) is 3.44. The van der Waals surface area contributed by atoms with Crippen molar-refractivity contribution < 1.29 is 26.2 Å². The summed E-state index contributed by atoms with van der Waals surface area (Å²) < 4.78 is 0. The first kappa shape index (κ1) is 29.0. The predicted molar refractivity (Wildman–Crippen MR) is 134 cm³/mol. The van der Waals surface area contributed by atoms with Crippen molar-refractivity contribution >= 4 is 0 Å². The van der Waals surface area contributed by atoms with Gasteiger partial charge in [-0.25, -0.2) is 24.3 Å². The zero-order valence-corrected chi connectivity index (χ0v) is 21.9. The van der Waals surface area contributed by atoms with Gasteiger partial charge < -0.3 is 14.9 Å². The smallest absolute Gasteiger partial charge is 0.358 e. The Morgan fingerprint density at radius 2 is 0.806 bits per heavy atom. The van der Waals surface area contributed by atoms with E-state index in [2.05, 4.69) is 123 Å². The monoisotopic (exact) mass is 486 g/mol. The summed E-state index contributed by atoms with van der Waals surface area (Å²) in [5, 5.41) is 0. The maximum atomic E-state index is 2.28. The first-order valence-corrected chi connectivity index (χ1v) is 10.2. The molecule has 0 amide bonds. The van der Waals surface area contributed by atoms with Gasteiger partial charge in [0.15, 0.2) is 0 Å². The van der Waals surface area contributed by atoms with E-state index in [9.17, 15) is 0 Å². The van der Waals surface area contributed by atoms with Gasteiger partial charge in [0.2, 0.25) is 0 Å². The van der Waals surface area contributed by atoms with Crippen molar-refractivity contribution in [2.75, 3.05) is 0 Å². The molecule has 0 N–H and O–H groups in total. The minimum atomic E-state index is 0. The maximum absolute atomic E-state index is 2.28. The van der Waals surface area contributed by atoms with Gasteiger partial charge in [0.05, 0.1) is 0 Å². The van der Waals surface area contributed by atoms with E-state index in [0.717, 1.165) is 12.8 Å². The molecular formula is C30H36Zr. The fourth-order valence-corrected chi connectivity index (χ4v) is 3.61. The molecule has 0 radical (unpaired) electrons. The van der Waals surface area contributed by atoms with Crippen molar-refractivity contribution in [2.24, 2.45) is 0 Å². The largest absolute Gasteiger partial charge is 4.00 e. The van der Waals surface area contributed by atoms with E-state index >= 15 is 0 Å². The number of hydrogen-bond donors (Lipinski definition) is 0. The van der Waals surface area contributed by atoms with Gasteiger partial charge >= 0.3 is 26.2 Å². The van der Waals surface area contributed by atoms with E-state index < -0.39 is 0 Å². The Morgan fingerprint density at radius 1 is 0.516 bits per heavy atom. The van der Waals surface area contributed by atoms with E-state index in [4.69, 9.17) is 0 Å². The van der Waals surface area contributed by atoms with Gasteiger partial charge in [-0.3, -0.25) is 0 Å². The fourth-order valence-electron chi connectivity index (χ4n) is 3.61. The molecular weight excluding hydrogens is 452 g/mol. The zero-order chi connectivity index (χ0) is 19.6. The predicted octanol–water partition coefficient (Wildman–Crippen LogP) is 8.40. The summed E-state index contributed by atoms with van der Waals surface area (Å²) in [6.45, 7) is 4.56. The van der Waals surface area contributed by atoms with Gasteiger partial charge in [0.1, 0.15) is 0 Å². The minimum Gasteiger partial charge on any atom is -0.358 e. The van der Waals surface area contributed by atoms with Crippen molar-refractivity contribution in [3.63, 3.8) is 0 Å². The maximum Gasteiger partial charge on any atom is 4.00 e. The molecule has 0 spiro atoms. The van der Waals surface area contributed by atoms with Crippen LogP contribution >= 0.6 is 0 Å². The van der Waals surface area contributed by atoms with Gasteiger partial charge in [0.25, 0.3) is 0 Å².